The van der Waals surface area contributed by atoms with Crippen LogP contribution in [0.25, 0.3) is 0 Å². The summed E-state index contributed by atoms with van der Waals surface area (Å²) in [5.74, 6) is -1.01. The lowest BCUT2D eigenvalue weighted by atomic mass is 9.83. The largest absolute Gasteiger partial charge is 0.466 e. The molecule has 0 bridgehead atoms. The molecule has 0 amide bonds. The highest BCUT2D eigenvalue weighted by Gasteiger charge is 2.54. The van der Waals surface area contributed by atoms with Gasteiger partial charge in [-0.05, 0) is 61.9 Å². The Kier molecular flexibility index (Phi) is 7.08. The van der Waals surface area contributed by atoms with Crippen molar-refractivity contribution in [2.45, 2.75) is 64.9 Å². The Labute approximate surface area is 196 Å². The quantitative estimate of drug-likeness (QED) is 0.519. The summed E-state index contributed by atoms with van der Waals surface area (Å²) < 4.78 is 34.9. The zero-order valence-corrected chi connectivity index (χ0v) is 21.1. The first kappa shape index (κ1) is 24.7. The molecule has 0 spiro atoms. The number of carbonyl (C=O) groups excluding carboxylic acids is 1. The molecule has 1 aliphatic heterocycles. The second-order valence-electron chi connectivity index (χ2n) is 9.58. The number of rotatable bonds is 5. The third-order valence-electron chi connectivity index (χ3n) is 6.16. The van der Waals surface area contributed by atoms with Gasteiger partial charge in [0.15, 0.2) is 0 Å². The molecule has 5 nitrogen and oxygen atoms in total. The minimum atomic E-state index is -3.91. The highest BCUT2D eigenvalue weighted by molar-refractivity contribution is 7.89. The van der Waals surface area contributed by atoms with E-state index in [-0.39, 0.29) is 17.5 Å². The number of carbonyl (C=O) groups is 1. The molecule has 0 N–H and O–H groups in total. The molecule has 3 atom stereocenters. The molecular formula is C25H32ClNO4S. The summed E-state index contributed by atoms with van der Waals surface area (Å²) in [7, 11) is -3.91. The summed E-state index contributed by atoms with van der Waals surface area (Å²) in [5.41, 5.74) is 2.16. The fourth-order valence-corrected chi connectivity index (χ4v) is 6.59. The summed E-state index contributed by atoms with van der Waals surface area (Å²) in [6.45, 7) is 11.8. The van der Waals surface area contributed by atoms with E-state index >= 15 is 0 Å². The van der Waals surface area contributed by atoms with Crippen molar-refractivity contribution in [3.63, 3.8) is 0 Å². The van der Waals surface area contributed by atoms with E-state index in [2.05, 4.69) is 0 Å². The van der Waals surface area contributed by atoms with Gasteiger partial charge in [-0.25, -0.2) is 8.42 Å². The molecule has 0 radical (unpaired) electrons. The first-order valence-electron chi connectivity index (χ1n) is 10.9. The monoisotopic (exact) mass is 477 g/mol. The lowest BCUT2D eigenvalue weighted by Crippen LogP contribution is -2.44. The first-order valence-corrected chi connectivity index (χ1v) is 12.7. The molecule has 1 saturated heterocycles. The number of halogens is 1. The Hall–Kier alpha value is -1.89. The molecule has 0 saturated carbocycles. The van der Waals surface area contributed by atoms with Crippen molar-refractivity contribution in [1.29, 1.82) is 0 Å². The van der Waals surface area contributed by atoms with Crippen molar-refractivity contribution in [2.24, 2.45) is 11.3 Å². The maximum absolute atomic E-state index is 14.0. The van der Waals surface area contributed by atoms with E-state index < -0.39 is 33.4 Å². The average molecular weight is 478 g/mol. The minimum Gasteiger partial charge on any atom is -0.466 e. The molecule has 2 aromatic rings. The van der Waals surface area contributed by atoms with Gasteiger partial charge in [0.2, 0.25) is 10.0 Å². The van der Waals surface area contributed by atoms with Crippen LogP contribution in [0.2, 0.25) is 5.02 Å². The molecule has 7 heteroatoms. The summed E-state index contributed by atoms with van der Waals surface area (Å²) >= 11 is 6.42. The van der Waals surface area contributed by atoms with Crippen LogP contribution in [0.5, 0.6) is 0 Å². The molecule has 32 heavy (non-hydrogen) atoms. The number of hydrogen-bond acceptors (Lipinski definition) is 4. The number of ether oxygens (including phenoxy) is 1. The molecular weight excluding hydrogens is 446 g/mol. The molecule has 1 heterocycles. The smallest absolute Gasteiger partial charge is 0.310 e. The SMILES string of the molecule is CCOC(=O)C1CC(C(C)(C)C)N(S(=O)(=O)c2ccc(C)cc2)C1c1ccc(C)c(Cl)c1. The van der Waals surface area contributed by atoms with Crippen LogP contribution in [0.4, 0.5) is 0 Å². The van der Waals surface area contributed by atoms with Crippen molar-refractivity contribution >= 4 is 27.6 Å². The molecule has 1 fully saturated rings. The summed E-state index contributed by atoms with van der Waals surface area (Å²) in [5, 5.41) is 0.539. The van der Waals surface area contributed by atoms with Gasteiger partial charge in [0.1, 0.15) is 0 Å². The third-order valence-corrected chi connectivity index (χ3v) is 8.47. The Bertz CT molecular complexity index is 1090. The fraction of sp³-hybridized carbons (Fsp3) is 0.480. The van der Waals surface area contributed by atoms with Gasteiger partial charge in [0.25, 0.3) is 0 Å². The van der Waals surface area contributed by atoms with Gasteiger partial charge >= 0.3 is 5.97 Å². The van der Waals surface area contributed by atoms with E-state index in [0.717, 1.165) is 11.1 Å². The van der Waals surface area contributed by atoms with Gasteiger partial charge in [0.05, 0.1) is 23.5 Å². The van der Waals surface area contributed by atoms with E-state index in [9.17, 15) is 13.2 Å². The molecule has 174 valence electrons. The zero-order chi connectivity index (χ0) is 23.8. The molecule has 2 aromatic carbocycles. The molecule has 3 rings (SSSR count). The van der Waals surface area contributed by atoms with E-state index in [0.29, 0.717) is 17.0 Å². The fourth-order valence-electron chi connectivity index (χ4n) is 4.38. The van der Waals surface area contributed by atoms with Crippen molar-refractivity contribution in [1.82, 2.24) is 4.31 Å². The lowest BCUT2D eigenvalue weighted by molar-refractivity contribution is -0.148. The number of esters is 1. The van der Waals surface area contributed by atoms with Crippen molar-refractivity contribution in [2.75, 3.05) is 6.61 Å². The second kappa shape index (κ2) is 9.16. The van der Waals surface area contributed by atoms with Crippen LogP contribution < -0.4 is 0 Å². The van der Waals surface area contributed by atoms with Crippen LogP contribution in [0, 0.1) is 25.2 Å². The Morgan fingerprint density at radius 3 is 2.28 bits per heavy atom. The minimum absolute atomic E-state index is 0.213. The Balaban J connectivity index is 2.24. The van der Waals surface area contributed by atoms with Gasteiger partial charge < -0.3 is 4.74 Å². The van der Waals surface area contributed by atoms with Gasteiger partial charge in [-0.1, -0.05) is 62.2 Å². The van der Waals surface area contributed by atoms with Crippen LogP contribution in [-0.2, 0) is 19.6 Å². The lowest BCUT2D eigenvalue weighted by Gasteiger charge is -2.37. The second-order valence-corrected chi connectivity index (χ2v) is 11.8. The van der Waals surface area contributed by atoms with Crippen molar-refractivity contribution in [3.05, 3.63) is 64.2 Å². The number of hydrogen-bond donors (Lipinski definition) is 0. The normalized spacial score (nSPS) is 22.2. The summed E-state index contributed by atoms with van der Waals surface area (Å²) in [6, 6.07) is 11.2. The van der Waals surface area contributed by atoms with Crippen LogP contribution in [0.15, 0.2) is 47.4 Å². The maximum atomic E-state index is 14.0. The number of aryl methyl sites for hydroxylation is 2. The van der Waals surface area contributed by atoms with E-state index in [1.165, 1.54) is 4.31 Å². The van der Waals surface area contributed by atoms with Crippen LogP contribution >= 0.6 is 11.6 Å². The van der Waals surface area contributed by atoms with Crippen LogP contribution in [0.1, 0.15) is 56.8 Å². The third kappa shape index (κ3) is 4.73. The predicted molar refractivity (Wildman–Crippen MR) is 127 cm³/mol. The average Bonchev–Trinajstić information content (AvgIpc) is 3.13. The van der Waals surface area contributed by atoms with Crippen LogP contribution in [-0.4, -0.2) is 31.3 Å². The molecule has 1 aliphatic rings. The molecule has 3 unspecified atom stereocenters. The standard InChI is InChI=1S/C25H32ClNO4S/c1-7-31-24(28)20-15-22(25(4,5)6)27(23(20)18-11-10-17(3)21(26)14-18)32(29,30)19-12-8-16(2)9-13-19/h8-14,20,22-23H,7,15H2,1-6H3. The number of benzene rings is 2. The molecule has 0 aliphatic carbocycles. The summed E-state index contributed by atoms with van der Waals surface area (Å²) in [6.07, 6.45) is 0.379. The highest BCUT2D eigenvalue weighted by Crippen LogP contribution is 2.50. The van der Waals surface area contributed by atoms with E-state index in [4.69, 9.17) is 16.3 Å². The maximum Gasteiger partial charge on any atom is 0.310 e. The van der Waals surface area contributed by atoms with E-state index in [1.54, 1.807) is 37.3 Å². The summed E-state index contributed by atoms with van der Waals surface area (Å²) in [4.78, 5) is 13.2. The zero-order valence-electron chi connectivity index (χ0n) is 19.6. The number of sulfonamides is 1. The topological polar surface area (TPSA) is 63.7 Å². The van der Waals surface area contributed by atoms with Gasteiger partial charge in [-0.3, -0.25) is 4.79 Å². The predicted octanol–water partition coefficient (Wildman–Crippen LogP) is 5.69. The van der Waals surface area contributed by atoms with Crippen LogP contribution in [0.3, 0.4) is 0 Å². The van der Waals surface area contributed by atoms with E-state index in [1.807, 2.05) is 46.8 Å². The van der Waals surface area contributed by atoms with Gasteiger partial charge in [-0.2, -0.15) is 4.31 Å². The van der Waals surface area contributed by atoms with Crippen molar-refractivity contribution < 1.29 is 17.9 Å². The Morgan fingerprint density at radius 2 is 1.75 bits per heavy atom. The number of nitrogens with zero attached hydrogens (tertiary/aromatic N) is 1. The molecule has 0 aromatic heterocycles. The van der Waals surface area contributed by atoms with Crippen molar-refractivity contribution in [3.8, 4) is 0 Å². The Morgan fingerprint density at radius 1 is 1.12 bits per heavy atom. The van der Waals surface area contributed by atoms with Gasteiger partial charge in [0, 0.05) is 11.1 Å². The highest BCUT2D eigenvalue weighted by atomic mass is 35.5. The van der Waals surface area contributed by atoms with Gasteiger partial charge in [-0.15, -0.1) is 0 Å². The first-order chi connectivity index (χ1) is 14.9.